The van der Waals surface area contributed by atoms with E-state index >= 15 is 0 Å². The molecule has 0 aliphatic heterocycles. The second-order valence-electron chi connectivity index (χ2n) is 6.23. The maximum atomic E-state index is 12.5. The zero-order valence-corrected chi connectivity index (χ0v) is 17.0. The minimum absolute atomic E-state index is 0.131. The number of nitrogens with one attached hydrogen (secondary N) is 2. The summed E-state index contributed by atoms with van der Waals surface area (Å²) in [5.74, 6) is 1.32. The summed E-state index contributed by atoms with van der Waals surface area (Å²) < 4.78 is 10.0. The number of amides is 2. The Morgan fingerprint density at radius 2 is 1.39 bits per heavy atom. The highest BCUT2D eigenvalue weighted by Gasteiger charge is 2.25. The SMILES string of the molecule is COC(CC(CO)NC(=O)c1nc(N)c(C(=O)NC(CO)CC(=O)ON)nc1N)OC. The number of carbonyl (C=O) groups is 3. The second-order valence-corrected chi connectivity index (χ2v) is 6.23. The number of ether oxygens (including phenoxy) is 2. The highest BCUT2D eigenvalue weighted by atomic mass is 16.7. The first kappa shape index (κ1) is 25.9. The fourth-order valence-corrected chi connectivity index (χ4v) is 2.41. The minimum atomic E-state index is -1.03. The van der Waals surface area contributed by atoms with Gasteiger partial charge in [0, 0.05) is 20.6 Å². The summed E-state index contributed by atoms with van der Waals surface area (Å²) in [6, 6.07) is -1.79. The smallest absolute Gasteiger partial charge is 0.326 e. The number of aromatic nitrogens is 2. The molecule has 1 heterocycles. The predicted octanol–water partition coefficient (Wildman–Crippen LogP) is -3.36. The molecule has 0 fully saturated rings. The number of nitrogens with zero attached hydrogens (tertiary/aromatic N) is 2. The zero-order chi connectivity index (χ0) is 23.6. The van der Waals surface area contributed by atoms with Crippen molar-refractivity contribution in [2.24, 2.45) is 5.90 Å². The first-order valence-electron chi connectivity index (χ1n) is 8.92. The van der Waals surface area contributed by atoms with Crippen molar-refractivity contribution in [2.75, 3.05) is 38.9 Å². The van der Waals surface area contributed by atoms with E-state index in [1.807, 2.05) is 0 Å². The fourth-order valence-electron chi connectivity index (χ4n) is 2.41. The molecule has 174 valence electrons. The van der Waals surface area contributed by atoms with Crippen LogP contribution in [0.15, 0.2) is 0 Å². The van der Waals surface area contributed by atoms with Crippen molar-refractivity contribution in [2.45, 2.75) is 31.2 Å². The Morgan fingerprint density at radius 3 is 1.77 bits per heavy atom. The largest absolute Gasteiger partial charge is 0.394 e. The molecule has 31 heavy (non-hydrogen) atoms. The van der Waals surface area contributed by atoms with Gasteiger partial charge in [-0.2, -0.15) is 5.90 Å². The van der Waals surface area contributed by atoms with Gasteiger partial charge in [0.15, 0.2) is 29.3 Å². The molecule has 1 aromatic rings. The van der Waals surface area contributed by atoms with E-state index in [1.165, 1.54) is 14.2 Å². The molecule has 2 amide bonds. The highest BCUT2D eigenvalue weighted by Crippen LogP contribution is 2.14. The van der Waals surface area contributed by atoms with Crippen LogP contribution in [0, 0.1) is 0 Å². The van der Waals surface area contributed by atoms with Crippen LogP contribution in [0.2, 0.25) is 0 Å². The monoisotopic (exact) mass is 445 g/mol. The van der Waals surface area contributed by atoms with Crippen molar-refractivity contribution >= 4 is 29.4 Å². The van der Waals surface area contributed by atoms with Crippen molar-refractivity contribution in [3.8, 4) is 0 Å². The van der Waals surface area contributed by atoms with Crippen LogP contribution in [0.5, 0.6) is 0 Å². The standard InChI is InChI=1S/C16H27N7O8/c1-29-10(30-2)4-8(6-25)21-16(28)12-14(18)22-11(13(17)23-12)15(27)20-7(5-24)3-9(26)31-19/h7-8,10,24-25H,3-6,19H2,1-2H3,(H2,17,23)(H2,18,22)(H,20,27)(H,21,28). The van der Waals surface area contributed by atoms with E-state index in [9.17, 15) is 24.6 Å². The predicted molar refractivity (Wildman–Crippen MR) is 105 cm³/mol. The quantitative estimate of drug-likeness (QED) is 0.123. The van der Waals surface area contributed by atoms with Gasteiger partial charge in [-0.15, -0.1) is 0 Å². The molecule has 1 aromatic heterocycles. The topological polar surface area (TPSA) is 247 Å². The maximum Gasteiger partial charge on any atom is 0.326 e. The summed E-state index contributed by atoms with van der Waals surface area (Å²) in [6.07, 6.45) is -0.950. The Hall–Kier alpha value is -3.11. The second kappa shape index (κ2) is 12.6. The van der Waals surface area contributed by atoms with E-state index in [2.05, 4.69) is 25.4 Å². The molecule has 15 heteroatoms. The molecule has 0 radical (unpaired) electrons. The fraction of sp³-hybridized carbons (Fsp3) is 0.562. The van der Waals surface area contributed by atoms with Crippen LogP contribution >= 0.6 is 0 Å². The van der Waals surface area contributed by atoms with Crippen molar-refractivity contribution in [3.05, 3.63) is 11.4 Å². The number of carbonyl (C=O) groups excluding carboxylic acids is 3. The summed E-state index contributed by atoms with van der Waals surface area (Å²) in [5.41, 5.74) is 10.7. The van der Waals surface area contributed by atoms with E-state index in [0.717, 1.165) is 0 Å². The zero-order valence-electron chi connectivity index (χ0n) is 17.0. The molecule has 0 aliphatic carbocycles. The molecular formula is C16H27N7O8. The molecule has 2 atom stereocenters. The molecule has 0 bridgehead atoms. The van der Waals surface area contributed by atoms with Crippen LogP contribution in [-0.4, -0.2) is 83.8 Å². The van der Waals surface area contributed by atoms with Gasteiger partial charge >= 0.3 is 5.97 Å². The normalized spacial score (nSPS) is 12.8. The Bertz CT molecular complexity index is 775. The molecule has 10 N–H and O–H groups in total. The number of aliphatic hydroxyl groups is 2. The van der Waals surface area contributed by atoms with Crippen molar-refractivity contribution in [1.29, 1.82) is 0 Å². The van der Waals surface area contributed by atoms with Gasteiger partial charge in [0.2, 0.25) is 0 Å². The van der Waals surface area contributed by atoms with Gasteiger partial charge in [0.05, 0.1) is 31.7 Å². The summed E-state index contributed by atoms with van der Waals surface area (Å²) in [5, 5.41) is 23.5. The number of hydrogen-bond acceptors (Lipinski definition) is 13. The van der Waals surface area contributed by atoms with E-state index in [-0.39, 0.29) is 12.1 Å². The van der Waals surface area contributed by atoms with Crippen LogP contribution in [0.25, 0.3) is 0 Å². The molecule has 0 saturated heterocycles. The van der Waals surface area contributed by atoms with E-state index in [0.29, 0.717) is 0 Å². The highest BCUT2D eigenvalue weighted by molar-refractivity contribution is 6.01. The number of anilines is 2. The van der Waals surface area contributed by atoms with E-state index in [4.69, 9.17) is 26.8 Å². The summed E-state index contributed by atoms with van der Waals surface area (Å²) in [7, 11) is 2.80. The van der Waals surface area contributed by atoms with E-state index in [1.54, 1.807) is 0 Å². The molecule has 0 saturated carbocycles. The van der Waals surface area contributed by atoms with Crippen LogP contribution < -0.4 is 28.0 Å². The van der Waals surface area contributed by atoms with Crippen LogP contribution in [-0.2, 0) is 19.1 Å². The van der Waals surface area contributed by atoms with E-state index < -0.39 is 73.1 Å². The molecule has 0 spiro atoms. The Morgan fingerprint density at radius 1 is 0.935 bits per heavy atom. The van der Waals surface area contributed by atoms with Crippen molar-refractivity contribution < 1.29 is 38.9 Å². The molecular weight excluding hydrogens is 418 g/mol. The summed E-state index contributed by atoms with van der Waals surface area (Å²) in [6.45, 7) is -1.03. The summed E-state index contributed by atoms with van der Waals surface area (Å²) in [4.78, 5) is 47.6. The summed E-state index contributed by atoms with van der Waals surface area (Å²) >= 11 is 0. The number of hydrogen-bond donors (Lipinski definition) is 7. The van der Waals surface area contributed by atoms with Gasteiger partial charge in [-0.1, -0.05) is 0 Å². The van der Waals surface area contributed by atoms with Crippen molar-refractivity contribution in [1.82, 2.24) is 20.6 Å². The third kappa shape index (κ3) is 7.58. The lowest BCUT2D eigenvalue weighted by molar-refractivity contribution is -0.144. The Kier molecular flexibility index (Phi) is 10.5. The molecule has 0 aliphatic rings. The van der Waals surface area contributed by atoms with Crippen LogP contribution in [0.1, 0.15) is 33.8 Å². The van der Waals surface area contributed by atoms with Crippen LogP contribution in [0.3, 0.4) is 0 Å². The van der Waals surface area contributed by atoms with Gasteiger partial charge in [0.25, 0.3) is 11.8 Å². The van der Waals surface area contributed by atoms with Gasteiger partial charge in [0.1, 0.15) is 0 Å². The average molecular weight is 445 g/mol. The number of methoxy groups -OCH3 is 2. The number of nitrogens with two attached hydrogens (primary N) is 3. The lowest BCUT2D eigenvalue weighted by Crippen LogP contribution is -2.42. The van der Waals surface area contributed by atoms with Gasteiger partial charge in [-0.05, 0) is 0 Å². The van der Waals surface area contributed by atoms with Gasteiger partial charge < -0.3 is 46.6 Å². The lowest BCUT2D eigenvalue weighted by Gasteiger charge is -2.21. The molecule has 15 nitrogen and oxygen atoms in total. The molecule has 1 rings (SSSR count). The first-order valence-corrected chi connectivity index (χ1v) is 8.92. The Labute approximate surface area is 177 Å². The van der Waals surface area contributed by atoms with Crippen molar-refractivity contribution in [3.63, 3.8) is 0 Å². The Balaban J connectivity index is 2.96. The number of rotatable bonds is 12. The third-order valence-electron chi connectivity index (χ3n) is 4.04. The molecule has 0 aromatic carbocycles. The first-order chi connectivity index (χ1) is 14.7. The maximum absolute atomic E-state index is 12.5. The number of nitrogen functional groups attached to an aromatic ring is 2. The van der Waals surface area contributed by atoms with Gasteiger partial charge in [-0.3, -0.25) is 14.4 Å². The average Bonchev–Trinajstić information content (AvgIpc) is 2.76. The minimum Gasteiger partial charge on any atom is -0.394 e. The lowest BCUT2D eigenvalue weighted by atomic mass is 10.2. The van der Waals surface area contributed by atoms with Gasteiger partial charge in [-0.25, -0.2) is 9.97 Å². The number of aliphatic hydroxyl groups excluding tert-OH is 2. The van der Waals surface area contributed by atoms with Crippen LogP contribution in [0.4, 0.5) is 11.6 Å². The third-order valence-corrected chi connectivity index (χ3v) is 4.04. The molecule has 2 unspecified atom stereocenters.